The third-order valence-corrected chi connectivity index (χ3v) is 4.65. The number of nitrogens with zero attached hydrogens (tertiary/aromatic N) is 1. The smallest absolute Gasteiger partial charge is 0.0503 e. The molecule has 0 radical (unpaired) electrons. The van der Waals surface area contributed by atoms with Crippen LogP contribution in [0.15, 0.2) is 12.1 Å². The quantitative estimate of drug-likeness (QED) is 0.872. The number of aryl methyl sites for hydroxylation is 3. The van der Waals surface area contributed by atoms with Crippen molar-refractivity contribution < 1.29 is 4.74 Å². The van der Waals surface area contributed by atoms with Crippen LogP contribution in [0.1, 0.15) is 34.7 Å². The van der Waals surface area contributed by atoms with E-state index in [2.05, 4.69) is 50.2 Å². The van der Waals surface area contributed by atoms with Gasteiger partial charge in [-0.25, -0.2) is 0 Å². The summed E-state index contributed by atoms with van der Waals surface area (Å²) in [7, 11) is 3.88. The van der Waals surface area contributed by atoms with Gasteiger partial charge in [0.15, 0.2) is 0 Å². The molecule has 0 aliphatic carbocycles. The van der Waals surface area contributed by atoms with Crippen LogP contribution < -0.4 is 5.32 Å². The Bertz CT molecular complexity index is 449. The molecule has 2 atom stereocenters. The predicted octanol–water partition coefficient (Wildman–Crippen LogP) is 2.84. The van der Waals surface area contributed by atoms with Crippen LogP contribution in [0, 0.1) is 26.7 Å². The van der Waals surface area contributed by atoms with Gasteiger partial charge in [0.1, 0.15) is 0 Å². The minimum absolute atomic E-state index is 0.409. The van der Waals surface area contributed by atoms with E-state index >= 15 is 0 Å². The summed E-state index contributed by atoms with van der Waals surface area (Å²) in [6.07, 6.45) is 1.26. The minimum atomic E-state index is 0.409. The van der Waals surface area contributed by atoms with E-state index in [9.17, 15) is 0 Å². The molecule has 0 bridgehead atoms. The molecule has 0 amide bonds. The molecule has 1 fully saturated rings. The first-order valence-corrected chi connectivity index (χ1v) is 8.01. The van der Waals surface area contributed by atoms with Gasteiger partial charge in [0.05, 0.1) is 6.61 Å². The number of rotatable bonds is 6. The van der Waals surface area contributed by atoms with E-state index < -0.39 is 0 Å². The highest BCUT2D eigenvalue weighted by molar-refractivity contribution is 5.39. The van der Waals surface area contributed by atoms with Gasteiger partial charge in [-0.2, -0.15) is 0 Å². The standard InChI is InChI=1S/C18H30N2O/c1-13-8-14(2)18(15(3)9-13)17(19-4)11-20-7-6-16(10-20)12-21-5/h8-9,16-17,19H,6-7,10-12H2,1-5H3. The van der Waals surface area contributed by atoms with Crippen molar-refractivity contribution in [1.82, 2.24) is 10.2 Å². The number of likely N-dealkylation sites (tertiary alicyclic amines) is 1. The molecule has 1 heterocycles. The lowest BCUT2D eigenvalue weighted by molar-refractivity contribution is 0.152. The van der Waals surface area contributed by atoms with Crippen molar-refractivity contribution >= 4 is 0 Å². The fraction of sp³-hybridized carbons (Fsp3) is 0.667. The highest BCUT2D eigenvalue weighted by Gasteiger charge is 2.25. The van der Waals surface area contributed by atoms with Crippen molar-refractivity contribution in [2.24, 2.45) is 5.92 Å². The fourth-order valence-corrected chi connectivity index (χ4v) is 3.78. The third-order valence-electron chi connectivity index (χ3n) is 4.65. The topological polar surface area (TPSA) is 24.5 Å². The number of ether oxygens (including phenoxy) is 1. The van der Waals surface area contributed by atoms with Crippen molar-refractivity contribution in [1.29, 1.82) is 0 Å². The molecule has 21 heavy (non-hydrogen) atoms. The second-order valence-electron chi connectivity index (χ2n) is 6.52. The molecule has 3 heteroatoms. The number of hydrogen-bond acceptors (Lipinski definition) is 3. The summed E-state index contributed by atoms with van der Waals surface area (Å²) in [4.78, 5) is 2.57. The Balaban J connectivity index is 2.07. The van der Waals surface area contributed by atoms with Crippen LogP contribution in [0.25, 0.3) is 0 Å². The van der Waals surface area contributed by atoms with E-state index in [1.807, 2.05) is 0 Å². The molecule has 1 aliphatic heterocycles. The first kappa shape index (κ1) is 16.5. The monoisotopic (exact) mass is 290 g/mol. The van der Waals surface area contributed by atoms with Gasteiger partial charge >= 0.3 is 0 Å². The molecule has 118 valence electrons. The summed E-state index contributed by atoms with van der Waals surface area (Å²) < 4.78 is 5.30. The lowest BCUT2D eigenvalue weighted by atomic mass is 9.94. The van der Waals surface area contributed by atoms with E-state index in [4.69, 9.17) is 4.74 Å². The maximum Gasteiger partial charge on any atom is 0.0503 e. The van der Waals surface area contributed by atoms with Crippen LogP contribution in [0.2, 0.25) is 0 Å². The van der Waals surface area contributed by atoms with Crippen LogP contribution >= 0.6 is 0 Å². The summed E-state index contributed by atoms with van der Waals surface area (Å²) >= 11 is 0. The highest BCUT2D eigenvalue weighted by Crippen LogP contribution is 2.26. The largest absolute Gasteiger partial charge is 0.384 e. The molecule has 0 aromatic heterocycles. The number of hydrogen-bond donors (Lipinski definition) is 1. The molecule has 0 saturated carbocycles. The Morgan fingerprint density at radius 2 is 1.95 bits per heavy atom. The third kappa shape index (κ3) is 4.06. The van der Waals surface area contributed by atoms with E-state index in [-0.39, 0.29) is 0 Å². The molecular formula is C18H30N2O. The molecule has 3 nitrogen and oxygen atoms in total. The molecular weight excluding hydrogens is 260 g/mol. The summed E-state index contributed by atoms with van der Waals surface area (Å²) in [6.45, 7) is 11.0. The lowest BCUT2D eigenvalue weighted by Gasteiger charge is -2.27. The molecule has 1 saturated heterocycles. The summed E-state index contributed by atoms with van der Waals surface area (Å²) in [5.41, 5.74) is 5.63. The van der Waals surface area contributed by atoms with Gasteiger partial charge in [-0.3, -0.25) is 0 Å². The van der Waals surface area contributed by atoms with E-state index in [1.54, 1.807) is 7.11 Å². The molecule has 0 spiro atoms. The van der Waals surface area contributed by atoms with Gasteiger partial charge in [0.2, 0.25) is 0 Å². The first-order chi connectivity index (χ1) is 10.0. The summed E-state index contributed by atoms with van der Waals surface area (Å²) in [5, 5.41) is 3.52. The average Bonchev–Trinajstić information content (AvgIpc) is 2.84. The lowest BCUT2D eigenvalue weighted by Crippen LogP contribution is -2.33. The van der Waals surface area contributed by atoms with Gasteiger partial charge < -0.3 is 15.0 Å². The Morgan fingerprint density at radius 3 is 2.52 bits per heavy atom. The van der Waals surface area contributed by atoms with E-state index in [0.717, 1.165) is 19.7 Å². The summed E-state index contributed by atoms with van der Waals surface area (Å²) in [6, 6.07) is 5.00. The van der Waals surface area contributed by atoms with Gasteiger partial charge in [-0.15, -0.1) is 0 Å². The van der Waals surface area contributed by atoms with Crippen LogP contribution in [0.5, 0.6) is 0 Å². The zero-order chi connectivity index (χ0) is 15.4. The van der Waals surface area contributed by atoms with Gasteiger partial charge in [-0.1, -0.05) is 17.7 Å². The number of nitrogens with one attached hydrogen (secondary N) is 1. The molecule has 1 aliphatic rings. The van der Waals surface area contributed by atoms with Gasteiger partial charge in [-0.05, 0) is 63.4 Å². The van der Waals surface area contributed by atoms with E-state index in [1.165, 1.54) is 35.2 Å². The Morgan fingerprint density at radius 1 is 1.29 bits per heavy atom. The number of benzene rings is 1. The SMILES string of the molecule is CNC(CN1CCC(COC)C1)c1c(C)cc(C)cc1C. The number of methoxy groups -OCH3 is 1. The van der Waals surface area contributed by atoms with Crippen molar-refractivity contribution in [3.8, 4) is 0 Å². The molecule has 1 aromatic rings. The minimum Gasteiger partial charge on any atom is -0.384 e. The Labute approximate surface area is 129 Å². The van der Waals surface area contributed by atoms with E-state index in [0.29, 0.717) is 12.0 Å². The van der Waals surface area contributed by atoms with Crippen molar-refractivity contribution in [2.45, 2.75) is 33.2 Å². The molecule has 2 unspecified atom stereocenters. The Kier molecular flexibility index (Phi) is 5.80. The second kappa shape index (κ2) is 7.39. The van der Waals surface area contributed by atoms with Crippen LogP contribution in [0.3, 0.4) is 0 Å². The highest BCUT2D eigenvalue weighted by atomic mass is 16.5. The fourth-order valence-electron chi connectivity index (χ4n) is 3.78. The average molecular weight is 290 g/mol. The molecule has 2 rings (SSSR count). The van der Waals surface area contributed by atoms with Gasteiger partial charge in [0.25, 0.3) is 0 Å². The zero-order valence-corrected chi connectivity index (χ0v) is 14.2. The second-order valence-corrected chi connectivity index (χ2v) is 6.52. The molecule has 1 aromatic carbocycles. The van der Waals surface area contributed by atoms with Crippen molar-refractivity contribution in [2.75, 3.05) is 40.4 Å². The summed E-state index contributed by atoms with van der Waals surface area (Å²) in [5.74, 6) is 0.702. The zero-order valence-electron chi connectivity index (χ0n) is 14.2. The maximum atomic E-state index is 5.30. The maximum absolute atomic E-state index is 5.30. The van der Waals surface area contributed by atoms with Crippen LogP contribution in [-0.2, 0) is 4.74 Å². The van der Waals surface area contributed by atoms with Crippen LogP contribution in [0.4, 0.5) is 0 Å². The van der Waals surface area contributed by atoms with Gasteiger partial charge in [0, 0.05) is 26.2 Å². The first-order valence-electron chi connectivity index (χ1n) is 8.01. The predicted molar refractivity (Wildman–Crippen MR) is 88.9 cm³/mol. The molecule has 1 N–H and O–H groups in total. The Hall–Kier alpha value is -0.900. The van der Waals surface area contributed by atoms with Crippen molar-refractivity contribution in [3.05, 3.63) is 34.4 Å². The number of likely N-dealkylation sites (N-methyl/N-ethyl adjacent to an activating group) is 1. The normalized spacial score (nSPS) is 20.9. The van der Waals surface area contributed by atoms with Crippen LogP contribution in [-0.4, -0.2) is 45.3 Å². The van der Waals surface area contributed by atoms with Crippen molar-refractivity contribution in [3.63, 3.8) is 0 Å².